The van der Waals surface area contributed by atoms with Gasteiger partial charge in [-0.3, -0.25) is 4.99 Å². The van der Waals surface area contributed by atoms with Gasteiger partial charge in [-0.15, -0.1) is 11.8 Å². The minimum atomic E-state index is -0.795. The highest BCUT2D eigenvalue weighted by atomic mass is 32.2. The Hall–Kier alpha value is -0.550. The molecule has 0 amide bonds. The lowest BCUT2D eigenvalue weighted by molar-refractivity contribution is -0.137. The van der Waals surface area contributed by atoms with Crippen molar-refractivity contribution in [1.29, 1.82) is 0 Å². The molecular formula is C9H14N2O2S. The van der Waals surface area contributed by atoms with E-state index >= 15 is 0 Å². The van der Waals surface area contributed by atoms with Crippen molar-refractivity contribution < 1.29 is 9.90 Å². The number of nitrogens with zero attached hydrogens (tertiary/aromatic N) is 1. The summed E-state index contributed by atoms with van der Waals surface area (Å²) in [4.78, 5) is 14.9. The number of aliphatic imine (C=N–C) groups is 1. The van der Waals surface area contributed by atoms with Gasteiger partial charge in [0.15, 0.2) is 6.04 Å². The molecule has 2 heterocycles. The minimum absolute atomic E-state index is 0.457. The van der Waals surface area contributed by atoms with Crippen LogP contribution in [0.1, 0.15) is 12.8 Å². The van der Waals surface area contributed by atoms with E-state index in [0.29, 0.717) is 11.7 Å². The minimum Gasteiger partial charge on any atom is -0.480 e. The molecule has 2 aliphatic heterocycles. The highest BCUT2D eigenvalue weighted by Gasteiger charge is 2.29. The van der Waals surface area contributed by atoms with Crippen LogP contribution in [0.15, 0.2) is 4.99 Å². The van der Waals surface area contributed by atoms with Crippen molar-refractivity contribution in [2.75, 3.05) is 18.8 Å². The van der Waals surface area contributed by atoms with Crippen molar-refractivity contribution in [3.8, 4) is 0 Å². The topological polar surface area (TPSA) is 61.7 Å². The average Bonchev–Trinajstić information content (AvgIpc) is 2.68. The maximum absolute atomic E-state index is 10.7. The monoisotopic (exact) mass is 214 g/mol. The van der Waals surface area contributed by atoms with E-state index in [2.05, 4.69) is 10.3 Å². The Balaban J connectivity index is 1.97. The fourth-order valence-electron chi connectivity index (χ4n) is 1.80. The molecule has 0 radical (unpaired) electrons. The van der Waals surface area contributed by atoms with Gasteiger partial charge in [0, 0.05) is 18.2 Å². The van der Waals surface area contributed by atoms with E-state index in [1.807, 2.05) is 0 Å². The molecule has 0 aromatic carbocycles. The molecule has 1 unspecified atom stereocenters. The lowest BCUT2D eigenvalue weighted by atomic mass is 10.0. The molecule has 2 aliphatic rings. The van der Waals surface area contributed by atoms with E-state index < -0.39 is 12.0 Å². The summed E-state index contributed by atoms with van der Waals surface area (Å²) in [5, 5.41) is 13.2. The number of hydrogen-bond acceptors (Lipinski definition) is 4. The second-order valence-corrected chi connectivity index (χ2v) is 4.72. The number of carboxylic acids is 1. The molecule has 0 aromatic heterocycles. The zero-order chi connectivity index (χ0) is 9.97. The number of thioether (sulfide) groups is 1. The Kier molecular flexibility index (Phi) is 3.08. The van der Waals surface area contributed by atoms with E-state index in [4.69, 9.17) is 5.11 Å². The molecule has 1 fully saturated rings. The largest absolute Gasteiger partial charge is 0.480 e. The Bertz CT molecular complexity index is 262. The second kappa shape index (κ2) is 4.31. The Morgan fingerprint density at radius 2 is 2.50 bits per heavy atom. The van der Waals surface area contributed by atoms with Crippen LogP contribution in [0.3, 0.4) is 0 Å². The van der Waals surface area contributed by atoms with Crippen LogP contribution in [-0.4, -0.2) is 41.0 Å². The maximum atomic E-state index is 10.7. The maximum Gasteiger partial charge on any atom is 0.329 e. The van der Waals surface area contributed by atoms with Crippen LogP contribution in [0, 0.1) is 5.92 Å². The van der Waals surface area contributed by atoms with Gasteiger partial charge < -0.3 is 10.4 Å². The predicted octanol–water partition coefficient (Wildman–Crippen LogP) is 0.585. The first-order chi connectivity index (χ1) is 6.77. The van der Waals surface area contributed by atoms with Crippen LogP contribution in [0.5, 0.6) is 0 Å². The first-order valence-corrected chi connectivity index (χ1v) is 5.90. The van der Waals surface area contributed by atoms with Crippen LogP contribution in [0.2, 0.25) is 0 Å². The zero-order valence-electron chi connectivity index (χ0n) is 7.90. The van der Waals surface area contributed by atoms with Gasteiger partial charge >= 0.3 is 5.97 Å². The Labute approximate surface area is 87.2 Å². The van der Waals surface area contributed by atoms with Crippen molar-refractivity contribution in [3.63, 3.8) is 0 Å². The summed E-state index contributed by atoms with van der Waals surface area (Å²) >= 11 is 1.61. The number of aliphatic carboxylic acids is 1. The molecule has 0 spiro atoms. The highest BCUT2D eigenvalue weighted by Crippen LogP contribution is 2.26. The van der Waals surface area contributed by atoms with E-state index in [9.17, 15) is 4.79 Å². The zero-order valence-corrected chi connectivity index (χ0v) is 8.72. The summed E-state index contributed by atoms with van der Waals surface area (Å²) in [6, 6.07) is -0.503. The lowest BCUT2D eigenvalue weighted by Crippen LogP contribution is -2.33. The van der Waals surface area contributed by atoms with Gasteiger partial charge in [0.1, 0.15) is 0 Å². The van der Waals surface area contributed by atoms with Crippen LogP contribution >= 0.6 is 11.8 Å². The molecule has 14 heavy (non-hydrogen) atoms. The van der Waals surface area contributed by atoms with Crippen molar-refractivity contribution in [1.82, 2.24) is 5.32 Å². The van der Waals surface area contributed by atoms with Crippen LogP contribution in [0.4, 0.5) is 0 Å². The summed E-state index contributed by atoms with van der Waals surface area (Å²) in [5.74, 6) is 0.274. The Morgan fingerprint density at radius 1 is 1.64 bits per heavy atom. The van der Waals surface area contributed by atoms with Crippen molar-refractivity contribution >= 4 is 22.8 Å². The van der Waals surface area contributed by atoms with Gasteiger partial charge in [-0.1, -0.05) is 0 Å². The van der Waals surface area contributed by atoms with Gasteiger partial charge in [0.2, 0.25) is 0 Å². The summed E-state index contributed by atoms with van der Waals surface area (Å²) in [6.07, 6.45) is 2.31. The fraction of sp³-hybridized carbons (Fsp3) is 0.778. The van der Waals surface area contributed by atoms with Gasteiger partial charge in [-0.25, -0.2) is 4.79 Å². The third kappa shape index (κ3) is 2.09. The smallest absolute Gasteiger partial charge is 0.329 e. The first kappa shape index (κ1) is 9.98. The van der Waals surface area contributed by atoms with Gasteiger partial charge in [-0.05, 0) is 19.4 Å². The quantitative estimate of drug-likeness (QED) is 0.706. The molecule has 0 aromatic rings. The third-order valence-electron chi connectivity index (χ3n) is 2.60. The molecule has 0 bridgehead atoms. The number of hydrogen-bond donors (Lipinski definition) is 2. The third-order valence-corrected chi connectivity index (χ3v) is 3.82. The molecule has 0 aliphatic carbocycles. The van der Waals surface area contributed by atoms with Crippen molar-refractivity contribution in [2.45, 2.75) is 18.9 Å². The molecule has 2 rings (SSSR count). The normalized spacial score (nSPS) is 32.7. The predicted molar refractivity (Wildman–Crippen MR) is 56.9 cm³/mol. The number of piperidine rings is 1. The fourth-order valence-corrected chi connectivity index (χ4v) is 2.99. The standard InChI is InChI=1S/C9H14N2O2S/c12-9(13)7-5-14-8(11-7)6-2-1-3-10-4-6/h6-7,10H,1-5H2,(H,12,13)/t6?,7-/m0/s1. The lowest BCUT2D eigenvalue weighted by Gasteiger charge is -2.21. The SMILES string of the molecule is O=C(O)[C@@H]1CSC(C2CCCNC2)=N1. The van der Waals surface area contributed by atoms with Crippen molar-refractivity contribution in [2.24, 2.45) is 10.9 Å². The van der Waals surface area contributed by atoms with Gasteiger partial charge in [0.25, 0.3) is 0 Å². The van der Waals surface area contributed by atoms with Crippen molar-refractivity contribution in [3.05, 3.63) is 0 Å². The summed E-state index contributed by atoms with van der Waals surface area (Å²) in [5.41, 5.74) is 0. The molecule has 2 atom stereocenters. The molecule has 1 saturated heterocycles. The molecule has 78 valence electrons. The Morgan fingerprint density at radius 3 is 3.07 bits per heavy atom. The van der Waals surface area contributed by atoms with Crippen LogP contribution in [0.25, 0.3) is 0 Å². The van der Waals surface area contributed by atoms with E-state index in [1.54, 1.807) is 11.8 Å². The van der Waals surface area contributed by atoms with E-state index in [-0.39, 0.29) is 0 Å². The highest BCUT2D eigenvalue weighted by molar-refractivity contribution is 8.14. The summed E-state index contributed by atoms with van der Waals surface area (Å²) < 4.78 is 0. The molecule has 5 heteroatoms. The van der Waals surface area contributed by atoms with Gasteiger partial charge in [0.05, 0.1) is 5.04 Å². The summed E-state index contributed by atoms with van der Waals surface area (Å²) in [6.45, 7) is 2.04. The van der Waals surface area contributed by atoms with Crippen LogP contribution in [-0.2, 0) is 4.79 Å². The van der Waals surface area contributed by atoms with Crippen LogP contribution < -0.4 is 5.32 Å². The number of carbonyl (C=O) groups is 1. The molecule has 2 N–H and O–H groups in total. The molecule has 0 saturated carbocycles. The van der Waals surface area contributed by atoms with E-state index in [1.165, 1.54) is 6.42 Å². The second-order valence-electron chi connectivity index (χ2n) is 3.68. The first-order valence-electron chi connectivity index (χ1n) is 4.91. The molecule has 4 nitrogen and oxygen atoms in total. The molecular weight excluding hydrogens is 200 g/mol. The van der Waals surface area contributed by atoms with Gasteiger partial charge in [-0.2, -0.15) is 0 Å². The number of nitrogens with one attached hydrogen (secondary N) is 1. The number of carboxylic acid groups (broad SMARTS) is 1. The van der Waals surface area contributed by atoms with E-state index in [0.717, 1.165) is 24.6 Å². The number of rotatable bonds is 2. The summed E-state index contributed by atoms with van der Waals surface area (Å²) in [7, 11) is 0. The average molecular weight is 214 g/mol.